The van der Waals surface area contributed by atoms with E-state index < -0.39 is 11.8 Å². The van der Waals surface area contributed by atoms with Gasteiger partial charge in [0, 0.05) is 16.0 Å². The van der Waals surface area contributed by atoms with Crippen molar-refractivity contribution in [2.45, 2.75) is 26.6 Å². The van der Waals surface area contributed by atoms with E-state index in [1.54, 1.807) is 53.8 Å². The van der Waals surface area contributed by atoms with E-state index in [0.29, 0.717) is 35.0 Å². The van der Waals surface area contributed by atoms with Gasteiger partial charge in [0.15, 0.2) is 11.5 Å². The smallest absolute Gasteiger partial charge is 0.269 e. The molecule has 0 fully saturated rings. The molecule has 1 heterocycles. The Morgan fingerprint density at radius 3 is 2.32 bits per heavy atom. The van der Waals surface area contributed by atoms with Gasteiger partial charge in [-0.25, -0.2) is 0 Å². The summed E-state index contributed by atoms with van der Waals surface area (Å²) in [6.45, 7) is 4.23. The van der Waals surface area contributed by atoms with Crippen molar-refractivity contribution in [2.75, 3.05) is 7.11 Å². The molecule has 0 spiro atoms. The number of nitrogens with one attached hydrogen (secondary N) is 2. The summed E-state index contributed by atoms with van der Waals surface area (Å²) in [6.07, 6.45) is -0.0297. The first kappa shape index (κ1) is 22.2. The second kappa shape index (κ2) is 10.5. The van der Waals surface area contributed by atoms with Crippen LogP contribution >= 0.6 is 11.3 Å². The van der Waals surface area contributed by atoms with Crippen LogP contribution in [0.1, 0.15) is 39.4 Å². The Morgan fingerprint density at radius 1 is 0.935 bits per heavy atom. The van der Waals surface area contributed by atoms with Gasteiger partial charge in [0.05, 0.1) is 13.2 Å². The fourth-order valence-corrected chi connectivity index (χ4v) is 3.31. The topological polar surface area (TPSA) is 85.9 Å². The summed E-state index contributed by atoms with van der Waals surface area (Å²) in [7, 11) is 1.50. The maximum absolute atomic E-state index is 12.4. The van der Waals surface area contributed by atoms with Gasteiger partial charge in [0.1, 0.15) is 12.4 Å². The molecular weight excluding hydrogens is 416 g/mol. The minimum Gasteiger partial charge on any atom is -0.493 e. The van der Waals surface area contributed by atoms with Crippen molar-refractivity contribution in [2.24, 2.45) is 0 Å². The molecule has 2 amide bonds. The van der Waals surface area contributed by atoms with E-state index in [0.717, 1.165) is 4.88 Å². The number of thiophene rings is 1. The number of hydrogen-bond donors (Lipinski definition) is 2. The van der Waals surface area contributed by atoms with Crippen LogP contribution < -0.4 is 25.1 Å². The summed E-state index contributed by atoms with van der Waals surface area (Å²) in [5.41, 5.74) is 5.51. The summed E-state index contributed by atoms with van der Waals surface area (Å²) in [4.78, 5) is 26.0. The van der Waals surface area contributed by atoms with Crippen LogP contribution in [0.15, 0.2) is 60.0 Å². The number of benzene rings is 2. The Bertz CT molecular complexity index is 1030. The molecule has 0 unspecified atom stereocenters. The lowest BCUT2D eigenvalue weighted by Gasteiger charge is -2.14. The molecule has 2 aromatic carbocycles. The Morgan fingerprint density at radius 2 is 1.68 bits per heavy atom. The Kier molecular flexibility index (Phi) is 7.50. The van der Waals surface area contributed by atoms with E-state index in [2.05, 4.69) is 10.9 Å². The highest BCUT2D eigenvalue weighted by atomic mass is 32.1. The van der Waals surface area contributed by atoms with Crippen LogP contribution in [0.4, 0.5) is 0 Å². The predicted molar refractivity (Wildman–Crippen MR) is 119 cm³/mol. The minimum atomic E-state index is -0.479. The zero-order valence-corrected chi connectivity index (χ0v) is 18.3. The lowest BCUT2D eigenvalue weighted by Crippen LogP contribution is -2.41. The summed E-state index contributed by atoms with van der Waals surface area (Å²) in [5.74, 6) is 0.605. The Labute approximate surface area is 184 Å². The molecule has 1 aromatic heterocycles. The highest BCUT2D eigenvalue weighted by Gasteiger charge is 2.14. The fourth-order valence-electron chi connectivity index (χ4n) is 2.69. The van der Waals surface area contributed by atoms with Crippen molar-refractivity contribution < 1.29 is 23.8 Å². The van der Waals surface area contributed by atoms with Crippen LogP contribution in [0.3, 0.4) is 0 Å². The van der Waals surface area contributed by atoms with E-state index >= 15 is 0 Å². The van der Waals surface area contributed by atoms with E-state index in [1.165, 1.54) is 7.11 Å². The van der Waals surface area contributed by atoms with Gasteiger partial charge in [-0.05, 0) is 61.7 Å². The van der Waals surface area contributed by atoms with E-state index in [1.807, 2.05) is 31.4 Å². The van der Waals surface area contributed by atoms with Crippen molar-refractivity contribution in [3.63, 3.8) is 0 Å². The molecule has 0 bridgehead atoms. The van der Waals surface area contributed by atoms with Crippen LogP contribution in [0.5, 0.6) is 17.2 Å². The summed E-state index contributed by atoms with van der Waals surface area (Å²) >= 11 is 1.60. The number of amides is 2. The van der Waals surface area contributed by atoms with Crippen LogP contribution in [0.2, 0.25) is 0 Å². The van der Waals surface area contributed by atoms with Crippen molar-refractivity contribution >= 4 is 23.2 Å². The van der Waals surface area contributed by atoms with E-state index in [4.69, 9.17) is 14.2 Å². The van der Waals surface area contributed by atoms with Crippen LogP contribution in [-0.4, -0.2) is 25.0 Å². The van der Waals surface area contributed by atoms with Gasteiger partial charge < -0.3 is 14.2 Å². The number of hydrazine groups is 1. The van der Waals surface area contributed by atoms with Crippen LogP contribution in [0, 0.1) is 0 Å². The second-order valence-corrected chi connectivity index (χ2v) is 7.87. The highest BCUT2D eigenvalue weighted by Crippen LogP contribution is 2.29. The quantitative estimate of drug-likeness (QED) is 0.513. The SMILES string of the molecule is COc1cc(C(=O)NNC(=O)c2cccc(OCc3cccs3)c2)ccc1OC(C)C. The number of carbonyl (C=O) groups is 2. The molecule has 0 saturated heterocycles. The molecule has 0 radical (unpaired) electrons. The number of ether oxygens (including phenoxy) is 3. The average Bonchev–Trinajstić information content (AvgIpc) is 3.29. The Hall–Kier alpha value is -3.52. The largest absolute Gasteiger partial charge is 0.493 e. The van der Waals surface area contributed by atoms with Crippen LogP contribution in [0.25, 0.3) is 0 Å². The Balaban J connectivity index is 1.58. The van der Waals surface area contributed by atoms with Gasteiger partial charge in [-0.15, -0.1) is 11.3 Å². The van der Waals surface area contributed by atoms with Crippen LogP contribution in [-0.2, 0) is 6.61 Å². The molecule has 3 aromatic rings. The monoisotopic (exact) mass is 440 g/mol. The molecule has 0 saturated carbocycles. The maximum atomic E-state index is 12.4. The number of hydrogen-bond acceptors (Lipinski definition) is 6. The zero-order valence-electron chi connectivity index (χ0n) is 17.5. The van der Waals surface area contributed by atoms with Gasteiger partial charge in [-0.2, -0.15) is 0 Å². The van der Waals surface area contributed by atoms with E-state index in [9.17, 15) is 9.59 Å². The van der Waals surface area contributed by atoms with Gasteiger partial charge >= 0.3 is 0 Å². The molecule has 0 aliphatic carbocycles. The molecular formula is C23H24N2O5S. The summed E-state index contributed by atoms with van der Waals surface area (Å²) < 4.78 is 16.7. The first-order valence-corrected chi connectivity index (χ1v) is 10.5. The second-order valence-electron chi connectivity index (χ2n) is 6.84. The van der Waals surface area contributed by atoms with Crippen molar-refractivity contribution in [3.8, 4) is 17.2 Å². The summed E-state index contributed by atoms with van der Waals surface area (Å²) in [5, 5.41) is 1.98. The normalized spacial score (nSPS) is 10.5. The molecule has 8 heteroatoms. The minimum absolute atomic E-state index is 0.0297. The van der Waals surface area contributed by atoms with Gasteiger partial charge in [0.25, 0.3) is 11.8 Å². The molecule has 0 aliphatic rings. The predicted octanol–water partition coefficient (Wildman–Crippen LogP) is 4.20. The molecule has 0 aliphatic heterocycles. The third kappa shape index (κ3) is 6.23. The summed E-state index contributed by atoms with van der Waals surface area (Å²) in [6, 6.07) is 15.5. The van der Waals surface area contributed by atoms with Crippen molar-refractivity contribution in [1.82, 2.24) is 10.9 Å². The van der Waals surface area contributed by atoms with Crippen molar-refractivity contribution in [3.05, 3.63) is 76.0 Å². The van der Waals surface area contributed by atoms with Gasteiger partial charge in [-0.3, -0.25) is 20.4 Å². The molecule has 7 nitrogen and oxygen atoms in total. The molecule has 2 N–H and O–H groups in total. The maximum Gasteiger partial charge on any atom is 0.269 e. The molecule has 31 heavy (non-hydrogen) atoms. The first-order valence-electron chi connectivity index (χ1n) is 9.67. The molecule has 0 atom stereocenters. The van der Waals surface area contributed by atoms with Crippen molar-refractivity contribution in [1.29, 1.82) is 0 Å². The third-order valence-electron chi connectivity index (χ3n) is 4.14. The lowest BCUT2D eigenvalue weighted by atomic mass is 10.2. The lowest BCUT2D eigenvalue weighted by molar-refractivity contribution is 0.0846. The van der Waals surface area contributed by atoms with E-state index in [-0.39, 0.29) is 6.10 Å². The fraction of sp³-hybridized carbons (Fsp3) is 0.217. The third-order valence-corrected chi connectivity index (χ3v) is 4.99. The van der Waals surface area contributed by atoms with Gasteiger partial charge in [-0.1, -0.05) is 12.1 Å². The number of rotatable bonds is 8. The highest BCUT2D eigenvalue weighted by molar-refractivity contribution is 7.09. The average molecular weight is 441 g/mol. The number of carbonyl (C=O) groups excluding carboxylic acids is 2. The number of methoxy groups -OCH3 is 1. The standard InChI is InChI=1S/C23H24N2O5S/c1-15(2)30-20-10-9-17(13-21(20)28-3)23(27)25-24-22(26)16-6-4-7-18(12-16)29-14-19-8-5-11-31-19/h4-13,15H,14H2,1-3H3,(H,24,26)(H,25,27). The zero-order chi connectivity index (χ0) is 22.2. The molecule has 162 valence electrons. The van der Waals surface area contributed by atoms with Gasteiger partial charge in [0.2, 0.25) is 0 Å². The molecule has 3 rings (SSSR count). The first-order chi connectivity index (χ1) is 15.0.